The van der Waals surface area contributed by atoms with E-state index in [2.05, 4.69) is 15.9 Å². The third-order valence-electron chi connectivity index (χ3n) is 8.77. The molecule has 0 unspecified atom stereocenters. The number of halogens is 1. The van der Waals surface area contributed by atoms with Gasteiger partial charge in [-0.05, 0) is 68.0 Å². The van der Waals surface area contributed by atoms with E-state index < -0.39 is 23.7 Å². The van der Waals surface area contributed by atoms with Crippen molar-refractivity contribution in [3.8, 4) is 11.5 Å². The highest BCUT2D eigenvalue weighted by Gasteiger charge is 2.56. The molecule has 1 aliphatic heterocycles. The molecule has 8 heteroatoms. The van der Waals surface area contributed by atoms with Crippen molar-refractivity contribution in [2.75, 3.05) is 12.0 Å². The lowest BCUT2D eigenvalue weighted by atomic mass is 9.59. The van der Waals surface area contributed by atoms with E-state index in [1.807, 2.05) is 25.1 Å². The third kappa shape index (κ3) is 3.84. The molecular formula is C32H28BrNO6. The standard InChI is InChI=1S/C32H28BrNO6/c1-4-16-5-7-18(8-6-16)34-31(38)20-10-9-19-21(27(20)32(34)39)14-23-28(24(35)11-15(2)29(23)36)26(19)22-12-17(33)13-25(40-3)30(22)37/h5-9,11-13,20-21,26-27,37H,4,10,14H2,1-3H3/t20-,21+,26+,27-/m0/s1. The summed E-state index contributed by atoms with van der Waals surface area (Å²) in [6, 6.07) is 10.8. The van der Waals surface area contributed by atoms with Gasteiger partial charge in [0.25, 0.3) is 0 Å². The number of carbonyl (C=O) groups excluding carboxylic acids is 4. The monoisotopic (exact) mass is 601 g/mol. The summed E-state index contributed by atoms with van der Waals surface area (Å²) in [5.74, 6) is -3.48. The highest BCUT2D eigenvalue weighted by molar-refractivity contribution is 9.10. The largest absolute Gasteiger partial charge is 0.504 e. The minimum atomic E-state index is -0.761. The minimum absolute atomic E-state index is 0.135. The number of ether oxygens (including phenoxy) is 1. The zero-order valence-corrected chi connectivity index (χ0v) is 23.9. The number of hydrogen-bond donors (Lipinski definition) is 1. The highest BCUT2D eigenvalue weighted by atomic mass is 79.9. The summed E-state index contributed by atoms with van der Waals surface area (Å²) >= 11 is 3.48. The molecule has 7 nitrogen and oxygen atoms in total. The van der Waals surface area contributed by atoms with Gasteiger partial charge in [-0.15, -0.1) is 0 Å². The quantitative estimate of drug-likeness (QED) is 0.288. The molecule has 2 aromatic rings. The molecule has 6 rings (SSSR count). The number of ketones is 2. The van der Waals surface area contributed by atoms with Gasteiger partial charge >= 0.3 is 0 Å². The van der Waals surface area contributed by atoms with Crippen LogP contribution in [0.25, 0.3) is 0 Å². The molecule has 0 bridgehead atoms. The van der Waals surface area contributed by atoms with Gasteiger partial charge in [0.05, 0.1) is 24.6 Å². The van der Waals surface area contributed by atoms with E-state index in [0.29, 0.717) is 38.9 Å². The number of aryl methyl sites for hydroxylation is 1. The van der Waals surface area contributed by atoms with E-state index in [0.717, 1.165) is 17.6 Å². The molecule has 4 atom stereocenters. The molecule has 0 radical (unpaired) electrons. The lowest BCUT2D eigenvalue weighted by Crippen LogP contribution is -2.39. The first-order chi connectivity index (χ1) is 19.2. The number of methoxy groups -OCH3 is 1. The number of amides is 2. The van der Waals surface area contributed by atoms with Gasteiger partial charge in [0.1, 0.15) is 0 Å². The Morgan fingerprint density at radius 3 is 2.45 bits per heavy atom. The molecule has 1 heterocycles. The summed E-state index contributed by atoms with van der Waals surface area (Å²) in [6.07, 6.45) is 4.63. The second kappa shape index (κ2) is 9.70. The van der Waals surface area contributed by atoms with Crippen LogP contribution in [0, 0.1) is 17.8 Å². The number of anilines is 1. The number of nitrogens with zero attached hydrogens (tertiary/aromatic N) is 1. The van der Waals surface area contributed by atoms with Gasteiger partial charge in [-0.1, -0.05) is 46.6 Å². The Kier molecular flexibility index (Phi) is 6.41. The van der Waals surface area contributed by atoms with E-state index in [1.54, 1.807) is 31.2 Å². The minimum Gasteiger partial charge on any atom is -0.504 e. The number of aromatic hydroxyl groups is 1. The number of rotatable bonds is 4. The Morgan fingerprint density at radius 2 is 1.77 bits per heavy atom. The molecule has 1 saturated heterocycles. The van der Waals surface area contributed by atoms with Crippen molar-refractivity contribution in [1.29, 1.82) is 0 Å². The number of phenolic OH excluding ortho intramolecular Hbond substituents is 1. The van der Waals surface area contributed by atoms with Crippen LogP contribution in [-0.4, -0.2) is 35.6 Å². The number of imide groups is 1. The van der Waals surface area contributed by atoms with Gasteiger partial charge in [0.2, 0.25) is 11.8 Å². The molecule has 0 spiro atoms. The van der Waals surface area contributed by atoms with E-state index in [9.17, 15) is 24.3 Å². The first-order valence-electron chi connectivity index (χ1n) is 13.4. The maximum Gasteiger partial charge on any atom is 0.238 e. The fourth-order valence-electron chi connectivity index (χ4n) is 6.84. The highest BCUT2D eigenvalue weighted by Crippen LogP contribution is 2.57. The SMILES string of the molecule is CCc1ccc(N2C(=O)[C@H]3[C@H](CC=C4[C@H](c5cc(Br)cc(OC)c5O)C5=C(C[C@H]43)C(=O)C(C)=CC5=O)C2=O)cc1. The first kappa shape index (κ1) is 26.4. The Hall–Kier alpha value is -3.78. The van der Waals surface area contributed by atoms with Crippen LogP contribution in [0.3, 0.4) is 0 Å². The maximum absolute atomic E-state index is 14.0. The number of phenols is 1. The smallest absolute Gasteiger partial charge is 0.238 e. The second-order valence-corrected chi connectivity index (χ2v) is 11.7. The van der Waals surface area contributed by atoms with Gasteiger partial charge in [0.15, 0.2) is 23.1 Å². The van der Waals surface area contributed by atoms with Crippen LogP contribution in [0.1, 0.15) is 43.7 Å². The van der Waals surface area contributed by atoms with Crippen molar-refractivity contribution in [3.63, 3.8) is 0 Å². The Morgan fingerprint density at radius 1 is 1.05 bits per heavy atom. The van der Waals surface area contributed by atoms with E-state index in [-0.39, 0.29) is 41.3 Å². The Labute approximate surface area is 240 Å². The topological polar surface area (TPSA) is 101 Å². The van der Waals surface area contributed by atoms with Crippen molar-refractivity contribution in [2.24, 2.45) is 17.8 Å². The Balaban J connectivity index is 1.50. The van der Waals surface area contributed by atoms with Crippen molar-refractivity contribution in [3.05, 3.63) is 86.4 Å². The van der Waals surface area contributed by atoms with Gasteiger partial charge < -0.3 is 9.84 Å². The summed E-state index contributed by atoms with van der Waals surface area (Å²) in [5.41, 5.74) is 3.82. The third-order valence-corrected chi connectivity index (χ3v) is 9.22. The zero-order chi connectivity index (χ0) is 28.5. The molecule has 1 fully saturated rings. The zero-order valence-electron chi connectivity index (χ0n) is 22.4. The van der Waals surface area contributed by atoms with Gasteiger partial charge in [-0.2, -0.15) is 0 Å². The fourth-order valence-corrected chi connectivity index (χ4v) is 7.30. The van der Waals surface area contributed by atoms with Crippen LogP contribution in [0.15, 0.2) is 75.3 Å². The fraction of sp³-hybridized carbons (Fsp3) is 0.312. The second-order valence-electron chi connectivity index (χ2n) is 10.8. The first-order valence-corrected chi connectivity index (χ1v) is 14.2. The van der Waals surface area contributed by atoms with Gasteiger partial charge in [0, 0.05) is 32.7 Å². The normalized spacial score (nSPS) is 25.9. The lowest BCUT2D eigenvalue weighted by Gasteiger charge is -2.42. The van der Waals surface area contributed by atoms with Gasteiger partial charge in [-0.3, -0.25) is 24.1 Å². The number of Topliss-reactive ketones (excluding diaryl/α,β-unsaturated/α-hetero) is 1. The molecule has 4 aliphatic rings. The average molecular weight is 602 g/mol. The summed E-state index contributed by atoms with van der Waals surface area (Å²) < 4.78 is 6.02. The van der Waals surface area contributed by atoms with Crippen molar-refractivity contribution >= 4 is 45.0 Å². The molecule has 2 amide bonds. The van der Waals surface area contributed by atoms with Crippen LogP contribution in [0.2, 0.25) is 0 Å². The molecule has 3 aliphatic carbocycles. The van der Waals surface area contributed by atoms with Gasteiger partial charge in [-0.25, -0.2) is 0 Å². The van der Waals surface area contributed by atoms with Crippen molar-refractivity contribution in [1.82, 2.24) is 0 Å². The molecule has 40 heavy (non-hydrogen) atoms. The average Bonchev–Trinajstić information content (AvgIpc) is 3.21. The van der Waals surface area contributed by atoms with Crippen molar-refractivity contribution < 1.29 is 29.0 Å². The molecular weight excluding hydrogens is 574 g/mol. The van der Waals surface area contributed by atoms with Crippen LogP contribution >= 0.6 is 15.9 Å². The summed E-state index contributed by atoms with van der Waals surface area (Å²) in [4.78, 5) is 55.9. The number of benzene rings is 2. The molecule has 204 valence electrons. The van der Waals surface area contributed by atoms with Crippen LogP contribution in [-0.2, 0) is 25.6 Å². The van der Waals surface area contributed by atoms with Crippen LogP contribution < -0.4 is 9.64 Å². The van der Waals surface area contributed by atoms with Crippen LogP contribution in [0.4, 0.5) is 5.69 Å². The molecule has 0 aromatic heterocycles. The molecule has 1 N–H and O–H groups in total. The number of allylic oxidation sites excluding steroid dienone is 6. The molecule has 0 saturated carbocycles. The van der Waals surface area contributed by atoms with E-state index in [1.165, 1.54) is 18.1 Å². The number of carbonyl (C=O) groups is 4. The Bertz CT molecular complexity index is 1600. The predicted molar refractivity (Wildman–Crippen MR) is 152 cm³/mol. The maximum atomic E-state index is 14.0. The number of hydrogen-bond acceptors (Lipinski definition) is 6. The van der Waals surface area contributed by atoms with Crippen molar-refractivity contribution in [2.45, 2.75) is 39.0 Å². The summed E-state index contributed by atoms with van der Waals surface area (Å²) in [6.45, 7) is 3.65. The summed E-state index contributed by atoms with van der Waals surface area (Å²) in [7, 11) is 1.44. The molecule has 2 aromatic carbocycles. The summed E-state index contributed by atoms with van der Waals surface area (Å²) in [5, 5.41) is 11.2. The number of fused-ring (bicyclic) bond motifs is 3. The van der Waals surface area contributed by atoms with E-state index in [4.69, 9.17) is 4.74 Å². The predicted octanol–water partition coefficient (Wildman–Crippen LogP) is 5.36. The van der Waals surface area contributed by atoms with E-state index >= 15 is 0 Å². The lowest BCUT2D eigenvalue weighted by molar-refractivity contribution is -0.123. The van der Waals surface area contributed by atoms with Crippen LogP contribution in [0.5, 0.6) is 11.5 Å².